The molecule has 3 heteroatoms. The monoisotopic (exact) mass is 220 g/mol. The van der Waals surface area contributed by atoms with Crippen LogP contribution >= 0.6 is 0 Å². The molecule has 1 aliphatic rings. The highest BCUT2D eigenvalue weighted by atomic mass is 16.1. The predicted octanol–water partition coefficient (Wildman–Crippen LogP) is 2.72. The Hall–Kier alpha value is -1.12. The molecule has 0 radical (unpaired) electrons. The lowest BCUT2D eigenvalue weighted by Gasteiger charge is -2.30. The maximum absolute atomic E-state index is 12.0. The van der Waals surface area contributed by atoms with Gasteiger partial charge in [0, 0.05) is 11.5 Å². The SMILES string of the molecule is Cc1nc2c(c(=O)[nH]1)C(C)CCC2C(C)C. The highest BCUT2D eigenvalue weighted by Crippen LogP contribution is 2.39. The average molecular weight is 220 g/mol. The van der Waals surface area contributed by atoms with E-state index in [1.165, 1.54) is 0 Å². The van der Waals surface area contributed by atoms with E-state index in [4.69, 9.17) is 0 Å². The lowest BCUT2D eigenvalue weighted by atomic mass is 9.76. The molecule has 16 heavy (non-hydrogen) atoms. The second kappa shape index (κ2) is 4.04. The Morgan fingerprint density at radius 1 is 1.38 bits per heavy atom. The van der Waals surface area contributed by atoms with Crippen molar-refractivity contribution >= 4 is 0 Å². The van der Waals surface area contributed by atoms with Gasteiger partial charge in [-0.3, -0.25) is 4.79 Å². The number of aromatic amines is 1. The molecule has 0 spiro atoms. The molecule has 0 aliphatic heterocycles. The van der Waals surface area contributed by atoms with Crippen LogP contribution in [0.25, 0.3) is 0 Å². The predicted molar refractivity (Wildman–Crippen MR) is 64.8 cm³/mol. The number of hydrogen-bond acceptors (Lipinski definition) is 2. The zero-order valence-corrected chi connectivity index (χ0v) is 10.5. The maximum Gasteiger partial charge on any atom is 0.254 e. The van der Waals surface area contributed by atoms with Crippen molar-refractivity contribution in [2.75, 3.05) is 0 Å². The van der Waals surface area contributed by atoms with E-state index in [1.54, 1.807) is 0 Å². The van der Waals surface area contributed by atoms with E-state index in [9.17, 15) is 4.79 Å². The molecule has 0 saturated heterocycles. The molecule has 0 amide bonds. The van der Waals surface area contributed by atoms with Crippen molar-refractivity contribution in [1.29, 1.82) is 0 Å². The van der Waals surface area contributed by atoms with Crippen LogP contribution < -0.4 is 5.56 Å². The van der Waals surface area contributed by atoms with E-state index in [1.807, 2.05) is 6.92 Å². The second-order valence-corrected chi connectivity index (χ2v) is 5.28. The van der Waals surface area contributed by atoms with Gasteiger partial charge in [0.15, 0.2) is 0 Å². The van der Waals surface area contributed by atoms with E-state index in [2.05, 4.69) is 30.7 Å². The number of nitrogens with one attached hydrogen (secondary N) is 1. The highest BCUT2D eigenvalue weighted by molar-refractivity contribution is 5.28. The molecule has 2 atom stereocenters. The Morgan fingerprint density at radius 3 is 2.69 bits per heavy atom. The number of fused-ring (bicyclic) bond motifs is 1. The van der Waals surface area contributed by atoms with Crippen LogP contribution in [0.4, 0.5) is 0 Å². The first-order chi connectivity index (χ1) is 7.50. The summed E-state index contributed by atoms with van der Waals surface area (Å²) >= 11 is 0. The molecule has 0 aromatic carbocycles. The Labute approximate surface area is 96.3 Å². The molecule has 0 bridgehead atoms. The second-order valence-electron chi connectivity index (χ2n) is 5.28. The quantitative estimate of drug-likeness (QED) is 0.791. The van der Waals surface area contributed by atoms with Crippen molar-refractivity contribution in [3.05, 3.63) is 27.4 Å². The number of rotatable bonds is 1. The zero-order chi connectivity index (χ0) is 11.9. The van der Waals surface area contributed by atoms with Gasteiger partial charge in [0.1, 0.15) is 5.82 Å². The van der Waals surface area contributed by atoms with Crippen LogP contribution in [0.1, 0.15) is 62.5 Å². The highest BCUT2D eigenvalue weighted by Gasteiger charge is 2.30. The van der Waals surface area contributed by atoms with E-state index < -0.39 is 0 Å². The molecule has 1 aromatic rings. The van der Waals surface area contributed by atoms with Gasteiger partial charge >= 0.3 is 0 Å². The summed E-state index contributed by atoms with van der Waals surface area (Å²) in [5.74, 6) is 2.09. The Balaban J connectivity index is 2.61. The lowest BCUT2D eigenvalue weighted by Crippen LogP contribution is -2.28. The topological polar surface area (TPSA) is 45.8 Å². The van der Waals surface area contributed by atoms with Gasteiger partial charge in [-0.2, -0.15) is 0 Å². The minimum atomic E-state index is 0.0698. The van der Waals surface area contributed by atoms with Gasteiger partial charge in [0.2, 0.25) is 0 Å². The number of nitrogens with zero attached hydrogens (tertiary/aromatic N) is 1. The first-order valence-electron chi connectivity index (χ1n) is 6.11. The fourth-order valence-corrected chi connectivity index (χ4v) is 2.74. The Kier molecular flexibility index (Phi) is 2.87. The maximum atomic E-state index is 12.0. The van der Waals surface area contributed by atoms with Crippen molar-refractivity contribution in [3.8, 4) is 0 Å². The number of H-pyrrole nitrogens is 1. The third-order valence-corrected chi connectivity index (χ3v) is 3.66. The number of hydrogen-bond donors (Lipinski definition) is 1. The van der Waals surface area contributed by atoms with Gasteiger partial charge in [-0.05, 0) is 31.6 Å². The van der Waals surface area contributed by atoms with E-state index in [-0.39, 0.29) is 5.56 Å². The fraction of sp³-hybridized carbons (Fsp3) is 0.692. The molecule has 0 saturated carbocycles. The Morgan fingerprint density at radius 2 is 2.06 bits per heavy atom. The van der Waals surface area contributed by atoms with Crippen molar-refractivity contribution in [3.63, 3.8) is 0 Å². The third-order valence-electron chi connectivity index (χ3n) is 3.66. The van der Waals surface area contributed by atoms with Crippen molar-refractivity contribution in [1.82, 2.24) is 9.97 Å². The van der Waals surface area contributed by atoms with E-state index in [0.717, 1.165) is 29.9 Å². The van der Waals surface area contributed by atoms with E-state index in [0.29, 0.717) is 17.8 Å². The molecule has 1 N–H and O–H groups in total. The minimum absolute atomic E-state index is 0.0698. The van der Waals surface area contributed by atoms with Crippen molar-refractivity contribution in [2.45, 2.75) is 52.4 Å². The lowest BCUT2D eigenvalue weighted by molar-refractivity contribution is 0.396. The van der Waals surface area contributed by atoms with Crippen molar-refractivity contribution < 1.29 is 0 Å². The summed E-state index contributed by atoms with van der Waals surface area (Å²) < 4.78 is 0. The molecule has 88 valence electrons. The van der Waals surface area contributed by atoms with Crippen LogP contribution in [0.15, 0.2) is 4.79 Å². The van der Waals surface area contributed by atoms with E-state index >= 15 is 0 Å². The van der Waals surface area contributed by atoms with Crippen LogP contribution in [0.2, 0.25) is 0 Å². The molecule has 3 nitrogen and oxygen atoms in total. The average Bonchev–Trinajstić information content (AvgIpc) is 2.15. The summed E-state index contributed by atoms with van der Waals surface area (Å²) in [5.41, 5.74) is 2.05. The fourth-order valence-electron chi connectivity index (χ4n) is 2.74. The van der Waals surface area contributed by atoms with Crippen molar-refractivity contribution in [2.24, 2.45) is 5.92 Å². The summed E-state index contributed by atoms with van der Waals surface area (Å²) in [4.78, 5) is 19.4. The van der Waals surface area contributed by atoms with Gasteiger partial charge in [0.05, 0.1) is 5.69 Å². The van der Waals surface area contributed by atoms with Gasteiger partial charge < -0.3 is 4.98 Å². The number of aromatic nitrogens is 2. The van der Waals surface area contributed by atoms with Gasteiger partial charge in [-0.25, -0.2) is 4.98 Å². The molecule has 1 aromatic heterocycles. The molecule has 2 rings (SSSR count). The molecule has 1 aliphatic carbocycles. The third kappa shape index (κ3) is 1.79. The zero-order valence-electron chi connectivity index (χ0n) is 10.5. The summed E-state index contributed by atoms with van der Waals surface area (Å²) in [6.45, 7) is 8.41. The smallest absolute Gasteiger partial charge is 0.254 e. The first kappa shape index (κ1) is 11.4. The largest absolute Gasteiger partial charge is 0.311 e. The summed E-state index contributed by atoms with van der Waals surface area (Å²) in [7, 11) is 0. The minimum Gasteiger partial charge on any atom is -0.311 e. The van der Waals surface area contributed by atoms with Gasteiger partial charge in [0.25, 0.3) is 5.56 Å². The van der Waals surface area contributed by atoms with Gasteiger partial charge in [-0.15, -0.1) is 0 Å². The van der Waals surface area contributed by atoms with Gasteiger partial charge in [-0.1, -0.05) is 20.8 Å². The molecular formula is C13H20N2O. The normalized spacial score (nSPS) is 24.6. The summed E-state index contributed by atoms with van der Waals surface area (Å²) in [5, 5.41) is 0. The molecular weight excluding hydrogens is 200 g/mol. The van der Waals surface area contributed by atoms with Crippen LogP contribution in [0.3, 0.4) is 0 Å². The summed E-state index contributed by atoms with van der Waals surface area (Å²) in [6.07, 6.45) is 2.26. The van der Waals surface area contributed by atoms with Crippen LogP contribution in [-0.2, 0) is 0 Å². The van der Waals surface area contributed by atoms with Crippen LogP contribution in [0, 0.1) is 12.8 Å². The first-order valence-corrected chi connectivity index (χ1v) is 6.11. The van der Waals surface area contributed by atoms with Crippen LogP contribution in [-0.4, -0.2) is 9.97 Å². The molecule has 1 heterocycles. The van der Waals surface area contributed by atoms with Crippen LogP contribution in [0.5, 0.6) is 0 Å². The summed E-state index contributed by atoms with van der Waals surface area (Å²) in [6, 6.07) is 0. The molecule has 2 unspecified atom stereocenters. The standard InChI is InChI=1S/C13H20N2O/c1-7(2)10-6-5-8(3)11-12(10)14-9(4)15-13(11)16/h7-8,10H,5-6H2,1-4H3,(H,14,15,16). The molecule has 0 fully saturated rings. The number of aryl methyl sites for hydroxylation is 1. The Bertz CT molecular complexity index is 448.